The van der Waals surface area contributed by atoms with E-state index in [1.165, 1.54) is 19.1 Å². The van der Waals surface area contributed by atoms with E-state index in [1.54, 1.807) is 11.3 Å². The second-order valence-corrected chi connectivity index (χ2v) is 6.83. The molecule has 0 aliphatic rings. The molecule has 3 nitrogen and oxygen atoms in total. The van der Waals surface area contributed by atoms with Gasteiger partial charge in [-0.1, -0.05) is 6.07 Å². The highest BCUT2D eigenvalue weighted by Crippen LogP contribution is 2.16. The third-order valence-corrected chi connectivity index (χ3v) is 5.33. The van der Waals surface area contributed by atoms with Gasteiger partial charge in [-0.25, -0.2) is 0 Å². The van der Waals surface area contributed by atoms with Crippen LogP contribution in [0.1, 0.15) is 11.3 Å². The number of aryl methyl sites for hydroxylation is 1. The summed E-state index contributed by atoms with van der Waals surface area (Å²) in [4.78, 5) is 11.1. The predicted molar refractivity (Wildman–Crippen MR) is 59.4 cm³/mol. The lowest BCUT2D eigenvalue weighted by Crippen LogP contribution is -2.40. The Morgan fingerprint density at radius 3 is 2.64 bits per heavy atom. The first-order valence-corrected chi connectivity index (χ1v) is 7.40. The SMILES string of the molecule is CO[Si](O)(CCCc1cccs1)OC. The van der Waals surface area contributed by atoms with E-state index in [1.807, 2.05) is 6.07 Å². The lowest BCUT2D eigenvalue weighted by molar-refractivity contribution is 0.150. The number of thiophene rings is 1. The molecule has 0 bridgehead atoms. The van der Waals surface area contributed by atoms with E-state index in [4.69, 9.17) is 8.85 Å². The second kappa shape index (κ2) is 5.62. The van der Waals surface area contributed by atoms with Crippen molar-refractivity contribution in [2.45, 2.75) is 18.9 Å². The Bertz CT molecular complexity index is 247. The first-order valence-electron chi connectivity index (χ1n) is 4.55. The minimum absolute atomic E-state index is 0.623. The first kappa shape index (κ1) is 11.9. The average molecular weight is 232 g/mol. The van der Waals surface area contributed by atoms with Gasteiger partial charge in [0.2, 0.25) is 0 Å². The largest absolute Gasteiger partial charge is 0.497 e. The highest BCUT2D eigenvalue weighted by atomic mass is 32.1. The van der Waals surface area contributed by atoms with Gasteiger partial charge < -0.3 is 13.6 Å². The number of rotatable bonds is 6. The Morgan fingerprint density at radius 2 is 2.14 bits per heavy atom. The molecule has 1 aromatic rings. The lowest BCUT2D eigenvalue weighted by atomic mass is 10.3. The van der Waals surface area contributed by atoms with Crippen LogP contribution in [0, 0.1) is 0 Å². The van der Waals surface area contributed by atoms with Crippen molar-refractivity contribution >= 4 is 20.1 Å². The van der Waals surface area contributed by atoms with Gasteiger partial charge in [-0.05, 0) is 24.3 Å². The Hall–Kier alpha value is -0.203. The van der Waals surface area contributed by atoms with Crippen molar-refractivity contribution in [3.8, 4) is 0 Å². The molecule has 1 aromatic heterocycles. The maximum atomic E-state index is 9.76. The van der Waals surface area contributed by atoms with Gasteiger partial charge in [0.15, 0.2) is 0 Å². The molecule has 0 saturated heterocycles. The smallest absolute Gasteiger partial charge is 0.390 e. The summed E-state index contributed by atoms with van der Waals surface area (Å²) in [6, 6.07) is 4.76. The van der Waals surface area contributed by atoms with E-state index < -0.39 is 8.80 Å². The zero-order valence-corrected chi connectivity index (χ0v) is 10.3. The van der Waals surface area contributed by atoms with Crippen LogP contribution in [-0.4, -0.2) is 27.8 Å². The maximum Gasteiger partial charge on any atom is 0.497 e. The standard InChI is InChI=1S/C9H16O3SSi/c1-11-14(10,12-2)8-4-6-9-5-3-7-13-9/h3,5,7,10H,4,6,8H2,1-2H3. The molecule has 1 rings (SSSR count). The molecule has 0 aromatic carbocycles. The van der Waals surface area contributed by atoms with Crippen LogP contribution in [0.3, 0.4) is 0 Å². The molecule has 1 heterocycles. The molecule has 80 valence electrons. The summed E-state index contributed by atoms with van der Waals surface area (Å²) in [7, 11) is 0.176. The Morgan fingerprint density at radius 1 is 1.43 bits per heavy atom. The van der Waals surface area contributed by atoms with Crippen molar-refractivity contribution in [1.29, 1.82) is 0 Å². The molecule has 0 aliphatic heterocycles. The quantitative estimate of drug-likeness (QED) is 0.761. The summed E-state index contributed by atoms with van der Waals surface area (Å²) in [5.74, 6) is 0. The molecule has 0 amide bonds. The molecule has 14 heavy (non-hydrogen) atoms. The number of hydrogen-bond acceptors (Lipinski definition) is 4. The van der Waals surface area contributed by atoms with Gasteiger partial charge in [-0.2, -0.15) is 0 Å². The van der Waals surface area contributed by atoms with E-state index >= 15 is 0 Å². The summed E-state index contributed by atoms with van der Waals surface area (Å²) in [5.41, 5.74) is 0. The predicted octanol–water partition coefficient (Wildman–Crippen LogP) is 1.90. The lowest BCUT2D eigenvalue weighted by Gasteiger charge is -2.19. The van der Waals surface area contributed by atoms with Crippen molar-refractivity contribution < 1.29 is 13.6 Å². The Labute approximate surface area is 89.7 Å². The Kier molecular flexibility index (Phi) is 4.77. The van der Waals surface area contributed by atoms with Crippen molar-refractivity contribution in [2.75, 3.05) is 14.2 Å². The van der Waals surface area contributed by atoms with Crippen molar-refractivity contribution in [2.24, 2.45) is 0 Å². The molecule has 1 N–H and O–H groups in total. The summed E-state index contributed by atoms with van der Waals surface area (Å²) >= 11 is 1.74. The Balaban J connectivity index is 2.27. The van der Waals surface area contributed by atoms with E-state index in [0.29, 0.717) is 6.04 Å². The van der Waals surface area contributed by atoms with Crippen LogP contribution in [0.5, 0.6) is 0 Å². The monoisotopic (exact) mass is 232 g/mol. The molecule has 0 atom stereocenters. The minimum atomic E-state index is -2.83. The normalized spacial score (nSPS) is 11.9. The van der Waals surface area contributed by atoms with Crippen molar-refractivity contribution in [3.05, 3.63) is 22.4 Å². The molecule has 0 radical (unpaired) electrons. The maximum absolute atomic E-state index is 9.76. The summed E-state index contributed by atoms with van der Waals surface area (Å²) in [5, 5.41) is 2.06. The van der Waals surface area contributed by atoms with Gasteiger partial charge in [-0.3, -0.25) is 0 Å². The second-order valence-electron chi connectivity index (χ2n) is 3.05. The van der Waals surface area contributed by atoms with Crippen LogP contribution in [0.25, 0.3) is 0 Å². The molecular weight excluding hydrogens is 216 g/mol. The zero-order chi connectivity index (χ0) is 10.4. The molecule has 0 fully saturated rings. The zero-order valence-electron chi connectivity index (χ0n) is 8.53. The molecule has 0 spiro atoms. The van der Waals surface area contributed by atoms with Gasteiger partial charge in [0.25, 0.3) is 0 Å². The third kappa shape index (κ3) is 3.51. The van der Waals surface area contributed by atoms with Gasteiger partial charge in [-0.15, -0.1) is 11.3 Å². The van der Waals surface area contributed by atoms with Gasteiger partial charge in [0.05, 0.1) is 0 Å². The minimum Gasteiger partial charge on any atom is -0.390 e. The molecule has 0 aliphatic carbocycles. The average Bonchev–Trinajstić information content (AvgIpc) is 2.70. The molecular formula is C9H16O3SSi. The summed E-state index contributed by atoms with van der Waals surface area (Å²) < 4.78 is 9.96. The molecule has 0 saturated carbocycles. The van der Waals surface area contributed by atoms with Crippen molar-refractivity contribution in [3.63, 3.8) is 0 Å². The fraction of sp³-hybridized carbons (Fsp3) is 0.556. The van der Waals surface area contributed by atoms with Gasteiger partial charge in [0, 0.05) is 25.1 Å². The third-order valence-electron chi connectivity index (χ3n) is 2.13. The molecule has 0 unspecified atom stereocenters. The van der Waals surface area contributed by atoms with Crippen LogP contribution < -0.4 is 0 Å². The van der Waals surface area contributed by atoms with E-state index in [0.717, 1.165) is 12.8 Å². The highest BCUT2D eigenvalue weighted by molar-refractivity contribution is 7.09. The van der Waals surface area contributed by atoms with Crippen molar-refractivity contribution in [1.82, 2.24) is 0 Å². The molecule has 5 heteroatoms. The van der Waals surface area contributed by atoms with Gasteiger partial charge in [0.1, 0.15) is 0 Å². The first-order chi connectivity index (χ1) is 6.70. The number of hydrogen-bond donors (Lipinski definition) is 1. The van der Waals surface area contributed by atoms with Gasteiger partial charge >= 0.3 is 8.80 Å². The van der Waals surface area contributed by atoms with Crippen LogP contribution in [0.15, 0.2) is 17.5 Å². The fourth-order valence-electron chi connectivity index (χ4n) is 1.23. The fourth-order valence-corrected chi connectivity index (χ4v) is 3.18. The van der Waals surface area contributed by atoms with E-state index in [9.17, 15) is 4.80 Å². The van der Waals surface area contributed by atoms with E-state index in [2.05, 4.69) is 11.4 Å². The van der Waals surface area contributed by atoms with Crippen LogP contribution >= 0.6 is 11.3 Å². The highest BCUT2D eigenvalue weighted by Gasteiger charge is 2.33. The van der Waals surface area contributed by atoms with Crippen LogP contribution in [-0.2, 0) is 15.3 Å². The topological polar surface area (TPSA) is 38.7 Å². The van der Waals surface area contributed by atoms with Crippen LogP contribution in [0.2, 0.25) is 6.04 Å². The van der Waals surface area contributed by atoms with E-state index in [-0.39, 0.29) is 0 Å². The van der Waals surface area contributed by atoms with Crippen LogP contribution in [0.4, 0.5) is 0 Å². The summed E-state index contributed by atoms with van der Waals surface area (Å²) in [6.45, 7) is 0. The summed E-state index contributed by atoms with van der Waals surface area (Å²) in [6.07, 6.45) is 1.89.